The number of methoxy groups -OCH3 is 1. The van der Waals surface area contributed by atoms with Gasteiger partial charge in [-0.3, -0.25) is 4.98 Å². The number of esters is 1. The summed E-state index contributed by atoms with van der Waals surface area (Å²) >= 11 is 0. The molecule has 0 saturated heterocycles. The highest BCUT2D eigenvalue weighted by Crippen LogP contribution is 2.51. The summed E-state index contributed by atoms with van der Waals surface area (Å²) in [5, 5.41) is 9.97. The lowest BCUT2D eigenvalue weighted by Gasteiger charge is -2.21. The Morgan fingerprint density at radius 3 is 2.81 bits per heavy atom. The smallest absolute Gasteiger partial charge is 0.335 e. The van der Waals surface area contributed by atoms with E-state index in [1.165, 1.54) is 7.11 Å². The van der Waals surface area contributed by atoms with Crippen LogP contribution < -0.4 is 0 Å². The predicted molar refractivity (Wildman–Crippen MR) is 57.9 cm³/mol. The first kappa shape index (κ1) is 11.1. The zero-order valence-electron chi connectivity index (χ0n) is 9.43. The molecule has 0 amide bonds. The molecule has 1 aliphatic carbocycles. The summed E-state index contributed by atoms with van der Waals surface area (Å²) in [5.41, 5.74) is 1.30. The normalized spacial score (nSPS) is 18.9. The Kier molecular flexibility index (Phi) is 2.68. The third kappa shape index (κ3) is 1.59. The summed E-state index contributed by atoms with van der Waals surface area (Å²) in [6.45, 7) is 1.94. The second-order valence-corrected chi connectivity index (χ2v) is 4.25. The van der Waals surface area contributed by atoms with Gasteiger partial charge in [0, 0.05) is 11.6 Å². The first-order valence-electron chi connectivity index (χ1n) is 5.30. The second kappa shape index (κ2) is 3.87. The first-order valence-corrected chi connectivity index (χ1v) is 5.30. The summed E-state index contributed by atoms with van der Waals surface area (Å²) in [5.74, 6) is -0.581. The molecular weight excluding hydrogens is 206 g/mol. The molecule has 1 aliphatic rings. The van der Waals surface area contributed by atoms with E-state index in [0.29, 0.717) is 0 Å². The van der Waals surface area contributed by atoms with Crippen LogP contribution in [0, 0.1) is 6.92 Å². The number of aliphatic hydroxyl groups is 1. The van der Waals surface area contributed by atoms with Crippen molar-refractivity contribution >= 4 is 5.97 Å². The molecule has 1 heterocycles. The van der Waals surface area contributed by atoms with Gasteiger partial charge in [-0.05, 0) is 31.4 Å². The number of aryl methyl sites for hydroxylation is 1. The quantitative estimate of drug-likeness (QED) is 0.772. The van der Waals surface area contributed by atoms with Crippen LogP contribution in [0.25, 0.3) is 0 Å². The van der Waals surface area contributed by atoms with E-state index >= 15 is 0 Å². The number of aliphatic hydroxyl groups excluding tert-OH is 1. The fourth-order valence-corrected chi connectivity index (χ4v) is 2.12. The predicted octanol–water partition coefficient (Wildman–Crippen LogP) is 0.956. The van der Waals surface area contributed by atoms with Gasteiger partial charge in [-0.2, -0.15) is 0 Å². The van der Waals surface area contributed by atoms with Gasteiger partial charge in [0.2, 0.25) is 0 Å². The highest BCUT2D eigenvalue weighted by Gasteiger charge is 2.55. The second-order valence-electron chi connectivity index (χ2n) is 4.25. The van der Waals surface area contributed by atoms with Crippen LogP contribution in [0.4, 0.5) is 0 Å². The molecule has 0 aromatic carbocycles. The van der Waals surface area contributed by atoms with Crippen molar-refractivity contribution in [1.29, 1.82) is 0 Å². The van der Waals surface area contributed by atoms with E-state index < -0.39 is 17.5 Å². The summed E-state index contributed by atoms with van der Waals surface area (Å²) in [7, 11) is 1.28. The van der Waals surface area contributed by atoms with Gasteiger partial charge in [0.05, 0.1) is 12.8 Å². The number of hydrogen-bond acceptors (Lipinski definition) is 4. The van der Waals surface area contributed by atoms with E-state index in [1.807, 2.05) is 19.1 Å². The number of aromatic nitrogens is 1. The Morgan fingerprint density at radius 1 is 1.62 bits per heavy atom. The molecule has 16 heavy (non-hydrogen) atoms. The summed E-state index contributed by atoms with van der Waals surface area (Å²) in [4.78, 5) is 15.7. The zero-order chi connectivity index (χ0) is 11.8. The molecule has 1 aromatic rings. The number of hydrogen-bond donors (Lipinski definition) is 1. The minimum absolute atomic E-state index is 0.515. The minimum Gasteiger partial charge on any atom is -0.467 e. The molecule has 2 rings (SSSR count). The Bertz CT molecular complexity index is 412. The van der Waals surface area contributed by atoms with Crippen LogP contribution in [-0.2, 0) is 14.9 Å². The Labute approximate surface area is 94.3 Å². The molecule has 86 valence electrons. The molecule has 1 saturated carbocycles. The van der Waals surface area contributed by atoms with E-state index in [9.17, 15) is 9.90 Å². The molecule has 0 aliphatic heterocycles. The molecule has 4 heteroatoms. The number of carbonyl (C=O) groups excluding carboxylic acids is 1. The van der Waals surface area contributed by atoms with Crippen LogP contribution >= 0.6 is 0 Å². The van der Waals surface area contributed by atoms with Gasteiger partial charge in [-0.1, -0.05) is 6.07 Å². The number of pyridine rings is 1. The summed E-state index contributed by atoms with van der Waals surface area (Å²) in [6, 6.07) is 3.78. The van der Waals surface area contributed by atoms with E-state index in [2.05, 4.69) is 9.72 Å². The highest BCUT2D eigenvalue weighted by atomic mass is 16.5. The standard InChI is InChI=1S/C12H15NO3/c1-8-4-3-7-13-9(8)12(5-6-12)10(14)11(15)16-2/h3-4,7,10,14H,5-6H2,1-2H3. The van der Waals surface area contributed by atoms with Gasteiger partial charge < -0.3 is 9.84 Å². The van der Waals surface area contributed by atoms with Crippen molar-refractivity contribution in [2.75, 3.05) is 7.11 Å². The van der Waals surface area contributed by atoms with E-state index in [-0.39, 0.29) is 0 Å². The lowest BCUT2D eigenvalue weighted by Crippen LogP contribution is -2.36. The number of carbonyl (C=O) groups is 1. The van der Waals surface area contributed by atoms with Crippen molar-refractivity contribution in [3.63, 3.8) is 0 Å². The van der Waals surface area contributed by atoms with Crippen molar-refractivity contribution in [3.8, 4) is 0 Å². The van der Waals surface area contributed by atoms with Crippen LogP contribution in [0.5, 0.6) is 0 Å². The van der Waals surface area contributed by atoms with Gasteiger partial charge in [0.1, 0.15) is 0 Å². The average Bonchev–Trinajstić information content (AvgIpc) is 3.09. The van der Waals surface area contributed by atoms with Crippen LogP contribution in [0.1, 0.15) is 24.1 Å². The summed E-state index contributed by atoms with van der Waals surface area (Å²) < 4.78 is 4.58. The number of ether oxygens (including phenoxy) is 1. The van der Waals surface area contributed by atoms with Gasteiger partial charge in [-0.25, -0.2) is 4.79 Å². The third-order valence-corrected chi connectivity index (χ3v) is 3.22. The van der Waals surface area contributed by atoms with Crippen molar-refractivity contribution < 1.29 is 14.6 Å². The van der Waals surface area contributed by atoms with Gasteiger partial charge in [0.15, 0.2) is 6.10 Å². The fourth-order valence-electron chi connectivity index (χ4n) is 2.12. The number of rotatable bonds is 3. The highest BCUT2D eigenvalue weighted by molar-refractivity contribution is 5.77. The third-order valence-electron chi connectivity index (χ3n) is 3.22. The van der Waals surface area contributed by atoms with Crippen molar-refractivity contribution in [3.05, 3.63) is 29.6 Å². The van der Waals surface area contributed by atoms with E-state index in [0.717, 1.165) is 24.1 Å². The maximum atomic E-state index is 11.4. The molecule has 1 N–H and O–H groups in total. The summed E-state index contributed by atoms with van der Waals surface area (Å²) in [6.07, 6.45) is 2.14. The molecule has 1 unspecified atom stereocenters. The number of nitrogens with zero attached hydrogens (tertiary/aromatic N) is 1. The molecular formula is C12H15NO3. The van der Waals surface area contributed by atoms with E-state index in [4.69, 9.17) is 0 Å². The Balaban J connectivity index is 2.33. The van der Waals surface area contributed by atoms with Gasteiger partial charge >= 0.3 is 5.97 Å². The zero-order valence-corrected chi connectivity index (χ0v) is 9.43. The van der Waals surface area contributed by atoms with Crippen molar-refractivity contribution in [2.24, 2.45) is 0 Å². The molecule has 0 radical (unpaired) electrons. The SMILES string of the molecule is COC(=O)C(O)C1(c2ncccc2C)CC1. The van der Waals surface area contributed by atoms with E-state index in [1.54, 1.807) is 6.20 Å². The van der Waals surface area contributed by atoms with Crippen LogP contribution in [-0.4, -0.2) is 29.3 Å². The van der Waals surface area contributed by atoms with Gasteiger partial charge in [-0.15, -0.1) is 0 Å². The molecule has 1 atom stereocenters. The molecule has 0 spiro atoms. The van der Waals surface area contributed by atoms with Gasteiger partial charge in [0.25, 0.3) is 0 Å². The first-order chi connectivity index (χ1) is 7.62. The monoisotopic (exact) mass is 221 g/mol. The topological polar surface area (TPSA) is 59.4 Å². The van der Waals surface area contributed by atoms with Crippen molar-refractivity contribution in [2.45, 2.75) is 31.3 Å². The molecule has 1 aromatic heterocycles. The van der Waals surface area contributed by atoms with Crippen LogP contribution in [0.3, 0.4) is 0 Å². The fraction of sp³-hybridized carbons (Fsp3) is 0.500. The average molecular weight is 221 g/mol. The molecule has 1 fully saturated rings. The lowest BCUT2D eigenvalue weighted by atomic mass is 9.91. The molecule has 0 bridgehead atoms. The largest absolute Gasteiger partial charge is 0.467 e. The maximum Gasteiger partial charge on any atom is 0.335 e. The van der Waals surface area contributed by atoms with Crippen molar-refractivity contribution in [1.82, 2.24) is 4.98 Å². The minimum atomic E-state index is -1.11. The maximum absolute atomic E-state index is 11.4. The Morgan fingerprint density at radius 2 is 2.31 bits per heavy atom. The Hall–Kier alpha value is -1.42. The molecule has 4 nitrogen and oxygen atoms in total. The van der Waals surface area contributed by atoms with Crippen LogP contribution in [0.2, 0.25) is 0 Å². The van der Waals surface area contributed by atoms with Crippen LogP contribution in [0.15, 0.2) is 18.3 Å². The lowest BCUT2D eigenvalue weighted by molar-refractivity contribution is -0.152.